The van der Waals surface area contributed by atoms with Gasteiger partial charge in [-0.1, -0.05) is 24.3 Å². The summed E-state index contributed by atoms with van der Waals surface area (Å²) in [5, 5.41) is 0. The van der Waals surface area contributed by atoms with Gasteiger partial charge in [-0.05, 0) is 35.4 Å². The minimum Gasteiger partial charge on any atom is -1.00 e. The third kappa shape index (κ3) is 6.14. The fraction of sp³-hybridized carbons (Fsp3) is 0.364. The number of ether oxygens (including phenoxy) is 2. The fourth-order valence-electron chi connectivity index (χ4n) is 3.43. The highest BCUT2D eigenvalue weighted by Gasteiger charge is 2.12. The van der Waals surface area contributed by atoms with E-state index in [9.17, 15) is 0 Å². The number of rotatable bonds is 3. The second-order valence-electron chi connectivity index (χ2n) is 6.81. The van der Waals surface area contributed by atoms with Gasteiger partial charge in [0.05, 0.1) is 0 Å². The summed E-state index contributed by atoms with van der Waals surface area (Å²) in [6, 6.07) is 17.5. The third-order valence-electron chi connectivity index (χ3n) is 4.86. The van der Waals surface area contributed by atoms with E-state index in [1.165, 1.54) is 22.3 Å². The van der Waals surface area contributed by atoms with Gasteiger partial charge in [-0.25, -0.2) is 9.15 Å². The highest BCUT2D eigenvalue weighted by molar-refractivity contribution is 5.82. The summed E-state index contributed by atoms with van der Waals surface area (Å²) in [5.41, 5.74) is 4.99. The Labute approximate surface area is 179 Å². The lowest BCUT2D eigenvalue weighted by Crippen LogP contribution is -3.00. The van der Waals surface area contributed by atoms with Crippen LogP contribution in [0.15, 0.2) is 48.5 Å². The van der Waals surface area contributed by atoms with Gasteiger partial charge in [0, 0.05) is 11.1 Å². The quantitative estimate of drug-likeness (QED) is 0.477. The van der Waals surface area contributed by atoms with Crippen LogP contribution in [0.5, 0.6) is 0 Å². The number of hydrogen-bond acceptors (Lipinski definition) is 2. The second kappa shape index (κ2) is 11.3. The van der Waals surface area contributed by atoms with Crippen molar-refractivity contribution in [3.8, 4) is 11.1 Å². The third-order valence-corrected chi connectivity index (χ3v) is 4.86. The molecule has 0 bridgehead atoms. The normalized spacial score (nSPS) is 16.6. The van der Waals surface area contributed by atoms with E-state index in [0.29, 0.717) is 0 Å². The van der Waals surface area contributed by atoms with Crippen LogP contribution in [0, 0.1) is 0 Å². The highest BCUT2D eigenvalue weighted by Crippen LogP contribution is 2.21. The van der Waals surface area contributed by atoms with Crippen LogP contribution >= 0.6 is 0 Å². The molecular formula is C22H26Cl2N2O2. The first-order chi connectivity index (χ1) is 12.9. The molecule has 2 aromatic carbocycles. The molecule has 0 aromatic heterocycles. The predicted octanol–water partition coefficient (Wildman–Crippen LogP) is -3.72. The molecule has 4 nitrogen and oxygen atoms in total. The van der Waals surface area contributed by atoms with E-state index in [4.69, 9.17) is 9.47 Å². The van der Waals surface area contributed by atoms with Crippen LogP contribution in [0.25, 0.3) is 11.1 Å². The minimum absolute atomic E-state index is 0. The van der Waals surface area contributed by atoms with Crippen LogP contribution in [0.2, 0.25) is 0 Å². The number of nitrogens with zero attached hydrogens (tertiary/aromatic N) is 2. The summed E-state index contributed by atoms with van der Waals surface area (Å²) in [4.78, 5) is 0. The number of benzene rings is 2. The summed E-state index contributed by atoms with van der Waals surface area (Å²) >= 11 is 0. The molecule has 0 unspecified atom stereocenters. The fourth-order valence-corrected chi connectivity index (χ4v) is 3.43. The van der Waals surface area contributed by atoms with E-state index in [-0.39, 0.29) is 24.8 Å². The zero-order valence-corrected chi connectivity index (χ0v) is 17.4. The Morgan fingerprint density at radius 1 is 0.607 bits per heavy atom. The van der Waals surface area contributed by atoms with Gasteiger partial charge in [0.1, 0.15) is 26.4 Å². The van der Waals surface area contributed by atoms with E-state index < -0.39 is 0 Å². The van der Waals surface area contributed by atoms with Gasteiger partial charge < -0.3 is 34.3 Å². The summed E-state index contributed by atoms with van der Waals surface area (Å²) in [6.07, 6.45) is 4.49. The maximum absolute atomic E-state index is 5.43. The van der Waals surface area contributed by atoms with Crippen molar-refractivity contribution < 1.29 is 43.4 Å². The van der Waals surface area contributed by atoms with Crippen molar-refractivity contribution in [1.82, 2.24) is 0 Å². The van der Waals surface area contributed by atoms with Crippen molar-refractivity contribution >= 4 is 12.4 Å². The van der Waals surface area contributed by atoms with Crippen LogP contribution in [-0.4, -0.2) is 74.2 Å². The molecule has 28 heavy (non-hydrogen) atoms. The van der Waals surface area contributed by atoms with Gasteiger partial charge >= 0.3 is 0 Å². The molecule has 150 valence electrons. The van der Waals surface area contributed by atoms with Crippen LogP contribution in [0.3, 0.4) is 0 Å². The first-order valence-corrected chi connectivity index (χ1v) is 9.41. The van der Waals surface area contributed by atoms with E-state index >= 15 is 0 Å². The van der Waals surface area contributed by atoms with Crippen molar-refractivity contribution in [3.63, 3.8) is 0 Å². The molecule has 2 aliphatic rings. The maximum Gasteiger partial charge on any atom is 0.170 e. The molecule has 0 aliphatic carbocycles. The topological polar surface area (TPSA) is 24.5 Å². The molecule has 0 saturated carbocycles. The minimum atomic E-state index is 0. The molecule has 2 fully saturated rings. The average Bonchev–Trinajstić information content (AvgIpc) is 2.70. The standard InChI is InChI=1S/C22H26N2O2.2ClH/c1-3-19(17-23-7-11-25-12-8-23)15-21(5-1)22-6-2-4-20(16-22)18-24-9-13-26-14-10-24;;/h1-6,15-18H,7-14H2;2*1H/q+2;;/p-2. The Bertz CT molecular complexity index is 751. The van der Waals surface area contributed by atoms with E-state index in [1.54, 1.807) is 0 Å². The van der Waals surface area contributed by atoms with Gasteiger partial charge in [0.15, 0.2) is 38.6 Å². The van der Waals surface area contributed by atoms with Crippen LogP contribution in [0.1, 0.15) is 11.1 Å². The molecule has 6 heteroatoms. The summed E-state index contributed by atoms with van der Waals surface area (Å²) in [5.74, 6) is 0. The number of morpholine rings is 2. The van der Waals surface area contributed by atoms with Gasteiger partial charge in [0.2, 0.25) is 0 Å². The lowest BCUT2D eigenvalue weighted by Gasteiger charge is -2.11. The molecule has 0 radical (unpaired) electrons. The Morgan fingerprint density at radius 2 is 1.00 bits per heavy atom. The van der Waals surface area contributed by atoms with Crippen molar-refractivity contribution in [2.45, 2.75) is 0 Å². The first-order valence-electron chi connectivity index (χ1n) is 9.41. The first kappa shape index (κ1) is 22.6. The SMILES string of the molecule is C(c1cccc(-c2cccc(C=[N+]3CCOCC3)c2)c1)=[N+]1CCOCC1.[Cl-].[Cl-]. The molecular weight excluding hydrogens is 395 g/mol. The molecule has 0 amide bonds. The molecule has 2 aromatic rings. The van der Waals surface area contributed by atoms with E-state index in [1.807, 2.05) is 0 Å². The van der Waals surface area contributed by atoms with Crippen molar-refractivity contribution in [2.24, 2.45) is 0 Å². The lowest BCUT2D eigenvalue weighted by atomic mass is 10.0. The average molecular weight is 421 g/mol. The van der Waals surface area contributed by atoms with E-state index in [2.05, 4.69) is 70.1 Å². The maximum atomic E-state index is 5.43. The van der Waals surface area contributed by atoms with Crippen LogP contribution in [0.4, 0.5) is 0 Å². The molecule has 0 spiro atoms. The van der Waals surface area contributed by atoms with Gasteiger partial charge in [-0.3, -0.25) is 0 Å². The summed E-state index contributed by atoms with van der Waals surface area (Å²) in [6.45, 7) is 7.13. The second-order valence-corrected chi connectivity index (χ2v) is 6.81. The molecule has 2 aliphatic heterocycles. The van der Waals surface area contributed by atoms with Crippen molar-refractivity contribution in [1.29, 1.82) is 0 Å². The van der Waals surface area contributed by atoms with Gasteiger partial charge in [-0.15, -0.1) is 0 Å². The smallest absolute Gasteiger partial charge is 0.170 e. The molecule has 2 saturated heterocycles. The molecule has 0 N–H and O–H groups in total. The largest absolute Gasteiger partial charge is 1.00 e. The van der Waals surface area contributed by atoms with Gasteiger partial charge in [0.25, 0.3) is 0 Å². The summed E-state index contributed by atoms with van der Waals surface area (Å²) in [7, 11) is 0. The number of halogens is 2. The Kier molecular flexibility index (Phi) is 9.13. The monoisotopic (exact) mass is 420 g/mol. The van der Waals surface area contributed by atoms with Crippen LogP contribution < -0.4 is 24.8 Å². The molecule has 0 atom stereocenters. The van der Waals surface area contributed by atoms with E-state index in [0.717, 1.165) is 52.6 Å². The van der Waals surface area contributed by atoms with Gasteiger partial charge in [-0.2, -0.15) is 0 Å². The van der Waals surface area contributed by atoms with Crippen molar-refractivity contribution in [3.05, 3.63) is 59.7 Å². The Hall–Kier alpha value is -1.72. The van der Waals surface area contributed by atoms with Crippen LogP contribution in [-0.2, 0) is 9.47 Å². The number of hydrogen-bond donors (Lipinski definition) is 0. The zero-order chi connectivity index (χ0) is 17.6. The highest BCUT2D eigenvalue weighted by atomic mass is 35.5. The van der Waals surface area contributed by atoms with Crippen molar-refractivity contribution in [2.75, 3.05) is 52.6 Å². The lowest BCUT2D eigenvalue weighted by molar-refractivity contribution is -0.544. The Balaban J connectivity index is 0.00000140. The molecule has 4 rings (SSSR count). The zero-order valence-electron chi connectivity index (χ0n) is 15.9. The Morgan fingerprint density at radius 3 is 1.39 bits per heavy atom. The predicted molar refractivity (Wildman–Crippen MR) is 104 cm³/mol. The summed E-state index contributed by atoms with van der Waals surface area (Å²) < 4.78 is 15.5. The molecule has 2 heterocycles.